The summed E-state index contributed by atoms with van der Waals surface area (Å²) in [6, 6.07) is 0. The number of hydrogen-bond acceptors (Lipinski definition) is 2. The van der Waals surface area contributed by atoms with E-state index in [1.165, 1.54) is 70.6 Å². The van der Waals surface area contributed by atoms with Gasteiger partial charge in [0.2, 0.25) is 0 Å². The van der Waals surface area contributed by atoms with Gasteiger partial charge in [-0.05, 0) is 33.4 Å². The third-order valence-corrected chi connectivity index (χ3v) is 5.06. The van der Waals surface area contributed by atoms with E-state index in [1.807, 2.05) is 0 Å². The van der Waals surface area contributed by atoms with E-state index in [-0.39, 0.29) is 11.6 Å². The summed E-state index contributed by atoms with van der Waals surface area (Å²) in [4.78, 5) is 2.28. The number of hydrogen-bond donors (Lipinski definition) is 1. The minimum atomic E-state index is -0.124. The Morgan fingerprint density at radius 2 is 1.47 bits per heavy atom. The summed E-state index contributed by atoms with van der Waals surface area (Å²) in [6.07, 6.45) is 15.1. The fourth-order valence-electron chi connectivity index (χ4n) is 3.63. The van der Waals surface area contributed by atoms with Crippen LogP contribution in [0.3, 0.4) is 0 Å². The number of nitrogens with zero attached hydrogens (tertiary/aromatic N) is 1. The second kappa shape index (κ2) is 8.97. The summed E-state index contributed by atoms with van der Waals surface area (Å²) in [5, 5.41) is 10.6. The molecule has 1 saturated carbocycles. The van der Waals surface area contributed by atoms with E-state index in [0.717, 1.165) is 6.42 Å². The summed E-state index contributed by atoms with van der Waals surface area (Å²) >= 11 is 0. The number of rotatable bonds is 10. The molecule has 0 radical (unpaired) electrons. The highest BCUT2D eigenvalue weighted by Crippen LogP contribution is 2.38. The van der Waals surface area contributed by atoms with E-state index >= 15 is 0 Å². The molecule has 1 aliphatic rings. The molecule has 0 heterocycles. The highest BCUT2D eigenvalue weighted by Gasteiger charge is 2.41. The topological polar surface area (TPSA) is 23.5 Å². The van der Waals surface area contributed by atoms with Gasteiger partial charge < -0.3 is 10.0 Å². The van der Waals surface area contributed by atoms with Gasteiger partial charge in [0.25, 0.3) is 0 Å². The van der Waals surface area contributed by atoms with Crippen LogP contribution in [0.1, 0.15) is 84.0 Å². The second-order valence-corrected chi connectivity index (χ2v) is 6.63. The van der Waals surface area contributed by atoms with Crippen molar-refractivity contribution < 1.29 is 5.11 Å². The van der Waals surface area contributed by atoms with Crippen molar-refractivity contribution in [1.29, 1.82) is 0 Å². The Bertz CT molecular complexity index is 221. The highest BCUT2D eigenvalue weighted by atomic mass is 16.3. The van der Waals surface area contributed by atoms with Gasteiger partial charge in [-0.15, -0.1) is 0 Å². The van der Waals surface area contributed by atoms with Gasteiger partial charge in [-0.3, -0.25) is 0 Å². The van der Waals surface area contributed by atoms with Gasteiger partial charge in [-0.1, -0.05) is 64.7 Å². The van der Waals surface area contributed by atoms with Crippen molar-refractivity contribution >= 4 is 0 Å². The van der Waals surface area contributed by atoms with E-state index in [0.29, 0.717) is 0 Å². The van der Waals surface area contributed by atoms with Crippen LogP contribution in [0.5, 0.6) is 0 Å². The summed E-state index contributed by atoms with van der Waals surface area (Å²) < 4.78 is 0. The molecule has 1 rings (SSSR count). The largest absolute Gasteiger partial charge is 0.391 e. The molecular weight excluding hydrogens is 234 g/mol. The van der Waals surface area contributed by atoms with E-state index in [2.05, 4.69) is 25.9 Å². The first-order chi connectivity index (χ1) is 9.13. The normalized spacial score (nSPS) is 20.1. The molecule has 0 aliphatic heterocycles. The van der Waals surface area contributed by atoms with Crippen LogP contribution in [-0.4, -0.2) is 35.7 Å². The van der Waals surface area contributed by atoms with Crippen molar-refractivity contribution in [2.24, 2.45) is 0 Å². The summed E-state index contributed by atoms with van der Waals surface area (Å²) in [7, 11) is 4.28. The van der Waals surface area contributed by atoms with Crippen LogP contribution in [0.15, 0.2) is 0 Å². The lowest BCUT2D eigenvalue weighted by atomic mass is 9.86. The van der Waals surface area contributed by atoms with Crippen LogP contribution in [-0.2, 0) is 0 Å². The molecule has 0 aromatic carbocycles. The summed E-state index contributed by atoms with van der Waals surface area (Å²) in [6.45, 7) is 2.26. The predicted octanol–water partition coefficient (Wildman–Crippen LogP) is 4.36. The lowest BCUT2D eigenvalue weighted by Crippen LogP contribution is -2.51. The molecule has 1 aliphatic carbocycles. The zero-order valence-electron chi connectivity index (χ0n) is 13.5. The van der Waals surface area contributed by atoms with Crippen LogP contribution in [0.2, 0.25) is 0 Å². The lowest BCUT2D eigenvalue weighted by molar-refractivity contribution is -0.00914. The summed E-state index contributed by atoms with van der Waals surface area (Å²) in [5.41, 5.74) is 0.0855. The molecule has 1 fully saturated rings. The molecule has 0 saturated heterocycles. The molecular formula is C17H35NO. The Morgan fingerprint density at radius 1 is 0.947 bits per heavy atom. The van der Waals surface area contributed by atoms with Crippen molar-refractivity contribution in [3.8, 4) is 0 Å². The Kier molecular flexibility index (Phi) is 8.01. The first-order valence-corrected chi connectivity index (χ1v) is 8.49. The van der Waals surface area contributed by atoms with E-state index in [9.17, 15) is 5.11 Å². The zero-order valence-corrected chi connectivity index (χ0v) is 13.5. The number of unbranched alkanes of at least 4 members (excludes halogenated alkanes) is 6. The monoisotopic (exact) mass is 269 g/mol. The first kappa shape index (κ1) is 17.0. The lowest BCUT2D eigenvalue weighted by Gasteiger charge is -2.40. The maximum absolute atomic E-state index is 10.6. The molecule has 2 heteroatoms. The van der Waals surface area contributed by atoms with E-state index in [4.69, 9.17) is 0 Å². The number of likely N-dealkylation sites (N-methyl/N-ethyl adjacent to an activating group) is 1. The van der Waals surface area contributed by atoms with E-state index < -0.39 is 0 Å². The Morgan fingerprint density at radius 3 is 2.00 bits per heavy atom. The molecule has 1 atom stereocenters. The van der Waals surface area contributed by atoms with Crippen LogP contribution in [0.25, 0.3) is 0 Å². The molecule has 0 spiro atoms. The Labute approximate surface area is 120 Å². The van der Waals surface area contributed by atoms with Gasteiger partial charge in [0.15, 0.2) is 0 Å². The average molecular weight is 269 g/mol. The molecule has 0 aromatic heterocycles. The minimum absolute atomic E-state index is 0.0855. The van der Waals surface area contributed by atoms with Crippen LogP contribution in [0, 0.1) is 0 Å². The minimum Gasteiger partial charge on any atom is -0.391 e. The molecule has 19 heavy (non-hydrogen) atoms. The standard InChI is InChI=1S/C17H35NO/c1-4-5-6-7-8-9-10-13-16(19)17(18(2)3)14-11-12-15-17/h16,19H,4-15H2,1-3H3. The summed E-state index contributed by atoms with van der Waals surface area (Å²) in [5.74, 6) is 0. The first-order valence-electron chi connectivity index (χ1n) is 8.49. The molecule has 114 valence electrons. The molecule has 2 nitrogen and oxygen atoms in total. The van der Waals surface area contributed by atoms with Gasteiger partial charge in [0.05, 0.1) is 6.10 Å². The van der Waals surface area contributed by atoms with Crippen molar-refractivity contribution in [1.82, 2.24) is 4.90 Å². The van der Waals surface area contributed by atoms with E-state index in [1.54, 1.807) is 0 Å². The number of aliphatic hydroxyl groups excluding tert-OH is 1. The van der Waals surface area contributed by atoms with Gasteiger partial charge in [0, 0.05) is 5.54 Å². The third-order valence-electron chi connectivity index (χ3n) is 5.06. The fourth-order valence-corrected chi connectivity index (χ4v) is 3.63. The number of aliphatic hydroxyl groups is 1. The van der Waals surface area contributed by atoms with Gasteiger partial charge in [-0.2, -0.15) is 0 Å². The average Bonchev–Trinajstić information content (AvgIpc) is 2.88. The van der Waals surface area contributed by atoms with Gasteiger partial charge in [-0.25, -0.2) is 0 Å². The second-order valence-electron chi connectivity index (χ2n) is 6.63. The van der Waals surface area contributed by atoms with Crippen molar-refractivity contribution in [2.45, 2.75) is 95.6 Å². The maximum Gasteiger partial charge on any atom is 0.0723 e. The van der Waals surface area contributed by atoms with Crippen molar-refractivity contribution in [3.63, 3.8) is 0 Å². The van der Waals surface area contributed by atoms with Crippen LogP contribution in [0.4, 0.5) is 0 Å². The molecule has 1 N–H and O–H groups in total. The maximum atomic E-state index is 10.6. The quantitative estimate of drug-likeness (QED) is 0.596. The molecule has 0 amide bonds. The Hall–Kier alpha value is -0.0800. The van der Waals surface area contributed by atoms with Crippen LogP contribution >= 0.6 is 0 Å². The highest BCUT2D eigenvalue weighted by molar-refractivity contribution is 4.98. The third kappa shape index (κ3) is 5.07. The van der Waals surface area contributed by atoms with Crippen LogP contribution < -0.4 is 0 Å². The smallest absolute Gasteiger partial charge is 0.0723 e. The fraction of sp³-hybridized carbons (Fsp3) is 1.00. The zero-order chi connectivity index (χ0) is 14.1. The molecule has 0 aromatic rings. The Balaban J connectivity index is 2.17. The molecule has 0 bridgehead atoms. The SMILES string of the molecule is CCCCCCCCCC(O)C1(N(C)C)CCCC1. The van der Waals surface area contributed by atoms with Gasteiger partial charge in [0.1, 0.15) is 0 Å². The predicted molar refractivity (Wildman–Crippen MR) is 83.5 cm³/mol. The van der Waals surface area contributed by atoms with Gasteiger partial charge >= 0.3 is 0 Å². The van der Waals surface area contributed by atoms with Crippen molar-refractivity contribution in [3.05, 3.63) is 0 Å². The van der Waals surface area contributed by atoms with Crippen molar-refractivity contribution in [2.75, 3.05) is 14.1 Å². The molecule has 1 unspecified atom stereocenters.